The van der Waals surface area contributed by atoms with Crippen LogP contribution in [0.1, 0.15) is 18.4 Å². The molecule has 96 valence electrons. The lowest BCUT2D eigenvalue weighted by Gasteiger charge is -1.97. The molecule has 2 heteroatoms. The smallest absolute Gasteiger partial charge is 0.226 e. The van der Waals surface area contributed by atoms with Gasteiger partial charge in [-0.15, -0.1) is 0 Å². The Morgan fingerprint density at radius 3 is 2.63 bits per heavy atom. The van der Waals surface area contributed by atoms with Crippen LogP contribution in [0.5, 0.6) is 0 Å². The number of hydrogen-bond acceptors (Lipinski definition) is 2. The number of aryl methyl sites for hydroxylation is 1. The monoisotopic (exact) mass is 251 g/mol. The third-order valence-electron chi connectivity index (χ3n) is 2.78. The summed E-state index contributed by atoms with van der Waals surface area (Å²) in [6.07, 6.45) is 9.30. The summed E-state index contributed by atoms with van der Waals surface area (Å²) in [6, 6.07) is 8.18. The summed E-state index contributed by atoms with van der Waals surface area (Å²) in [5.41, 5.74) is 3.12. The number of oxazole rings is 1. The highest BCUT2D eigenvalue weighted by Crippen LogP contribution is 2.24. The van der Waals surface area contributed by atoms with Gasteiger partial charge < -0.3 is 4.42 Å². The molecule has 0 atom stereocenters. The maximum absolute atomic E-state index is 5.78. The number of rotatable bonds is 4. The van der Waals surface area contributed by atoms with Crippen LogP contribution in [0.4, 0.5) is 0 Å². The molecule has 0 unspecified atom stereocenters. The van der Waals surface area contributed by atoms with E-state index in [1.54, 1.807) is 12.3 Å². The van der Waals surface area contributed by atoms with Gasteiger partial charge in [0, 0.05) is 11.1 Å². The highest BCUT2D eigenvalue weighted by Gasteiger charge is 2.08. The van der Waals surface area contributed by atoms with E-state index in [1.807, 2.05) is 37.3 Å². The van der Waals surface area contributed by atoms with Crippen molar-refractivity contribution in [1.82, 2.24) is 4.98 Å². The minimum Gasteiger partial charge on any atom is -0.436 e. The van der Waals surface area contributed by atoms with Gasteiger partial charge in [-0.05, 0) is 19.9 Å². The molecule has 2 rings (SSSR count). The predicted molar refractivity (Wildman–Crippen MR) is 79.7 cm³/mol. The first kappa shape index (κ1) is 13.1. The van der Waals surface area contributed by atoms with E-state index in [0.717, 1.165) is 16.9 Å². The van der Waals surface area contributed by atoms with Crippen LogP contribution < -0.4 is 0 Å². The first-order chi connectivity index (χ1) is 9.24. The zero-order valence-electron chi connectivity index (χ0n) is 11.3. The molecule has 19 heavy (non-hydrogen) atoms. The summed E-state index contributed by atoms with van der Waals surface area (Å²) in [5.74, 6) is 1.35. The Morgan fingerprint density at radius 1 is 1.26 bits per heavy atom. The quantitative estimate of drug-likeness (QED) is 0.730. The number of aromatic nitrogens is 1. The summed E-state index contributed by atoms with van der Waals surface area (Å²) in [4.78, 5) is 4.30. The Labute approximate surface area is 113 Å². The molecule has 0 aliphatic rings. The second kappa shape index (κ2) is 6.01. The van der Waals surface area contributed by atoms with Crippen molar-refractivity contribution in [3.63, 3.8) is 0 Å². The number of benzene rings is 1. The topological polar surface area (TPSA) is 26.0 Å². The predicted octanol–water partition coefficient (Wildman–Crippen LogP) is 4.80. The van der Waals surface area contributed by atoms with Crippen molar-refractivity contribution in [2.45, 2.75) is 13.8 Å². The molecule has 1 aromatic carbocycles. The average molecular weight is 251 g/mol. The van der Waals surface area contributed by atoms with E-state index >= 15 is 0 Å². The van der Waals surface area contributed by atoms with Crippen molar-refractivity contribution >= 4 is 5.57 Å². The van der Waals surface area contributed by atoms with Gasteiger partial charge >= 0.3 is 0 Å². The molecule has 2 nitrogen and oxygen atoms in total. The van der Waals surface area contributed by atoms with Crippen LogP contribution in [0.2, 0.25) is 0 Å². The van der Waals surface area contributed by atoms with E-state index in [2.05, 4.69) is 30.6 Å². The molecule has 1 aromatic heterocycles. The molecule has 0 fully saturated rings. The first-order valence-electron chi connectivity index (χ1n) is 6.23. The Morgan fingerprint density at radius 2 is 2.00 bits per heavy atom. The van der Waals surface area contributed by atoms with Crippen molar-refractivity contribution in [2.24, 2.45) is 0 Å². The standard InChI is InChI=1S/C17H17NO/c1-4-6-7-14(5-2)17-18-12-16(19-17)15-10-8-13(3)9-11-15/h4-12H,2H2,1,3H3/b6-4-,14-7+. The summed E-state index contributed by atoms with van der Waals surface area (Å²) < 4.78 is 5.78. The van der Waals surface area contributed by atoms with Gasteiger partial charge in [0.05, 0.1) is 6.20 Å². The fourth-order valence-electron chi connectivity index (χ4n) is 1.69. The van der Waals surface area contributed by atoms with Crippen LogP contribution in [0.25, 0.3) is 16.9 Å². The van der Waals surface area contributed by atoms with E-state index in [9.17, 15) is 0 Å². The van der Waals surface area contributed by atoms with E-state index in [0.29, 0.717) is 5.89 Å². The van der Waals surface area contributed by atoms with Crippen molar-refractivity contribution in [1.29, 1.82) is 0 Å². The summed E-state index contributed by atoms with van der Waals surface area (Å²) in [6.45, 7) is 7.81. The Balaban J connectivity index is 2.32. The lowest BCUT2D eigenvalue weighted by atomic mass is 10.1. The fourth-order valence-corrected chi connectivity index (χ4v) is 1.69. The van der Waals surface area contributed by atoms with Gasteiger partial charge in [0.15, 0.2) is 5.76 Å². The zero-order chi connectivity index (χ0) is 13.7. The average Bonchev–Trinajstić information content (AvgIpc) is 2.90. The SMILES string of the molecule is C=C/C(=C\C=C/C)c1ncc(-c2ccc(C)cc2)o1. The molecule has 2 aromatic rings. The lowest BCUT2D eigenvalue weighted by Crippen LogP contribution is -1.78. The number of allylic oxidation sites excluding steroid dienone is 5. The molecular formula is C17H17NO. The maximum atomic E-state index is 5.78. The molecule has 0 amide bonds. The van der Waals surface area contributed by atoms with Crippen LogP contribution in [-0.4, -0.2) is 4.98 Å². The normalized spacial score (nSPS) is 12.0. The molecule has 0 spiro atoms. The van der Waals surface area contributed by atoms with Crippen LogP contribution in [0, 0.1) is 6.92 Å². The van der Waals surface area contributed by atoms with E-state index in [1.165, 1.54) is 5.56 Å². The zero-order valence-corrected chi connectivity index (χ0v) is 11.3. The third-order valence-corrected chi connectivity index (χ3v) is 2.78. The molecule has 0 bridgehead atoms. The van der Waals surface area contributed by atoms with E-state index in [4.69, 9.17) is 4.42 Å². The molecule has 0 N–H and O–H groups in total. The van der Waals surface area contributed by atoms with Gasteiger partial charge in [0.2, 0.25) is 5.89 Å². The van der Waals surface area contributed by atoms with Gasteiger partial charge in [0.1, 0.15) is 0 Å². The Hall–Kier alpha value is -2.35. The van der Waals surface area contributed by atoms with Crippen molar-refractivity contribution in [3.8, 4) is 11.3 Å². The minimum absolute atomic E-state index is 0.587. The summed E-state index contributed by atoms with van der Waals surface area (Å²) in [7, 11) is 0. The molecule has 0 saturated carbocycles. The fraction of sp³-hybridized carbons (Fsp3) is 0.118. The molecular weight excluding hydrogens is 234 g/mol. The highest BCUT2D eigenvalue weighted by atomic mass is 16.4. The van der Waals surface area contributed by atoms with Crippen LogP contribution in [0.3, 0.4) is 0 Å². The number of hydrogen-bond donors (Lipinski definition) is 0. The maximum Gasteiger partial charge on any atom is 0.226 e. The van der Waals surface area contributed by atoms with Crippen molar-refractivity contribution in [3.05, 3.63) is 72.8 Å². The summed E-state index contributed by atoms with van der Waals surface area (Å²) in [5, 5.41) is 0. The van der Waals surface area contributed by atoms with Gasteiger partial charge in [0.25, 0.3) is 0 Å². The third kappa shape index (κ3) is 3.10. The Bertz CT molecular complexity index is 615. The molecule has 0 saturated heterocycles. The minimum atomic E-state index is 0.587. The molecule has 0 aliphatic heterocycles. The Kier molecular flexibility index (Phi) is 4.14. The summed E-state index contributed by atoms with van der Waals surface area (Å²) >= 11 is 0. The van der Waals surface area contributed by atoms with Crippen molar-refractivity contribution in [2.75, 3.05) is 0 Å². The van der Waals surface area contributed by atoms with Crippen LogP contribution >= 0.6 is 0 Å². The highest BCUT2D eigenvalue weighted by molar-refractivity contribution is 5.70. The van der Waals surface area contributed by atoms with Gasteiger partial charge in [-0.1, -0.05) is 54.6 Å². The lowest BCUT2D eigenvalue weighted by molar-refractivity contribution is 0.557. The van der Waals surface area contributed by atoms with Crippen molar-refractivity contribution < 1.29 is 4.42 Å². The van der Waals surface area contributed by atoms with Crippen LogP contribution in [-0.2, 0) is 0 Å². The number of nitrogens with zero attached hydrogens (tertiary/aromatic N) is 1. The molecule has 0 radical (unpaired) electrons. The van der Waals surface area contributed by atoms with Gasteiger partial charge in [-0.25, -0.2) is 4.98 Å². The van der Waals surface area contributed by atoms with E-state index in [-0.39, 0.29) is 0 Å². The van der Waals surface area contributed by atoms with Gasteiger partial charge in [-0.3, -0.25) is 0 Å². The van der Waals surface area contributed by atoms with Crippen LogP contribution in [0.15, 0.2) is 65.8 Å². The largest absolute Gasteiger partial charge is 0.436 e. The second-order valence-electron chi connectivity index (χ2n) is 4.25. The molecule has 0 aliphatic carbocycles. The molecule has 1 heterocycles. The van der Waals surface area contributed by atoms with E-state index < -0.39 is 0 Å². The second-order valence-corrected chi connectivity index (χ2v) is 4.25. The first-order valence-corrected chi connectivity index (χ1v) is 6.23. The van der Waals surface area contributed by atoms with Gasteiger partial charge in [-0.2, -0.15) is 0 Å².